The lowest BCUT2D eigenvalue weighted by molar-refractivity contribution is -0.143. The van der Waals surface area contributed by atoms with Gasteiger partial charge in [0.1, 0.15) is 28.8 Å². The fourth-order valence-electron chi connectivity index (χ4n) is 8.93. The Labute approximate surface area is 318 Å². The second-order valence-electron chi connectivity index (χ2n) is 14.5. The van der Waals surface area contributed by atoms with Crippen LogP contribution in [0, 0.1) is 0 Å². The van der Waals surface area contributed by atoms with Gasteiger partial charge >= 0.3 is 24.7 Å². The monoisotopic (exact) mass is 826 g/mol. The molecule has 18 heteroatoms. The van der Waals surface area contributed by atoms with Gasteiger partial charge in [0.25, 0.3) is 5.56 Å². The molecule has 0 bridgehead atoms. The Bertz CT molecular complexity index is 3480. The fraction of sp³-hybridized carbons (Fsp3) is 0.171. The summed E-state index contributed by atoms with van der Waals surface area (Å²) >= 11 is 0. The van der Waals surface area contributed by atoms with E-state index in [0.29, 0.717) is 56.1 Å². The first-order chi connectivity index (χ1) is 27.6. The summed E-state index contributed by atoms with van der Waals surface area (Å²) in [6.07, 6.45) is -18.5. The molecule has 3 aromatic heterocycles. The highest BCUT2D eigenvalue weighted by Crippen LogP contribution is 2.46. The number of nitrogens with zero attached hydrogens (tertiary/aromatic N) is 4. The molecule has 0 aliphatic heterocycles. The van der Waals surface area contributed by atoms with Gasteiger partial charge in [-0.2, -0.15) is 52.7 Å². The molecule has 0 N–H and O–H groups in total. The summed E-state index contributed by atoms with van der Waals surface area (Å²) in [7, 11) is 1.28. The van der Waals surface area contributed by atoms with E-state index in [0.717, 1.165) is 8.97 Å². The van der Waals surface area contributed by atoms with Crippen molar-refractivity contribution in [2.45, 2.75) is 37.0 Å². The van der Waals surface area contributed by atoms with Gasteiger partial charge in [0.15, 0.2) is 0 Å². The Morgan fingerprint density at radius 2 is 1.15 bits per heavy atom. The Morgan fingerprint density at radius 3 is 1.76 bits per heavy atom. The van der Waals surface area contributed by atoms with Gasteiger partial charge in [-0.15, -0.1) is 0 Å². The first-order valence-corrected chi connectivity index (χ1v) is 17.4. The predicted octanol–water partition coefficient (Wildman–Crippen LogP) is 10.7. The molecule has 0 amide bonds. The lowest BCUT2D eigenvalue weighted by atomic mass is 9.79. The molecule has 6 nitrogen and oxygen atoms in total. The molecular weight excluding hydrogens is 808 g/mol. The number of carbonyl (C=O) groups excluding carboxylic acids is 1. The van der Waals surface area contributed by atoms with E-state index in [1.54, 1.807) is 18.2 Å². The maximum absolute atomic E-state index is 14.2. The topological polar surface area (TPSA) is 69.3 Å². The molecule has 6 aromatic carbocycles. The molecule has 59 heavy (non-hydrogen) atoms. The van der Waals surface area contributed by atoms with Crippen LogP contribution in [-0.4, -0.2) is 25.2 Å². The summed E-state index contributed by atoms with van der Waals surface area (Å²) in [5.41, 5.74) is -9.93. The summed E-state index contributed by atoms with van der Waals surface area (Å²) in [5, 5.41) is 3.22. The zero-order chi connectivity index (χ0) is 42.0. The maximum atomic E-state index is 14.2. The first kappa shape index (κ1) is 36.9. The summed E-state index contributed by atoms with van der Waals surface area (Å²) in [6, 6.07) is 10.0. The Morgan fingerprint density at radius 1 is 0.627 bits per heavy atom. The standard InChI is InChI=1S/C41H18F12N4O2/c1-56-27-12-16(38(42,43)44)10-25(40(48,49)50)33(27)54-35(56)22-7-4-19-20-5-8-23-32-24(9-6-21(31(20)32)18-3-2-15(14-58)29(22)30(18)19)37(59)57-28-13-17(39(45,46)47)11-26(41(51,52)53)34(28)55-36(23)57/h2-6,8-14,22H,7H2,1H3. The minimum Gasteiger partial charge on any atom is -0.331 e. The van der Waals surface area contributed by atoms with Crippen molar-refractivity contribution < 1.29 is 57.5 Å². The number of aromatic nitrogens is 4. The van der Waals surface area contributed by atoms with Gasteiger partial charge in [0, 0.05) is 34.7 Å². The SMILES string of the molecule is Cn1c(C2CC=c3c4ccc5c6c(ccc(c7ccc(C=O)c2c37)c46)c(=O)n2c3cc(C(F)(F)F)cc(C(F)(F)F)c3nc52)nc2c(C(F)(F)F)cc(C(F)(F)F)cc21. The van der Waals surface area contributed by atoms with Gasteiger partial charge in [-0.1, -0.05) is 30.3 Å². The molecule has 1 aliphatic rings. The van der Waals surface area contributed by atoms with Crippen LogP contribution in [-0.2, 0) is 31.8 Å². The summed E-state index contributed by atoms with van der Waals surface area (Å²) < 4.78 is 170. The normalized spacial score (nSPS) is 15.6. The molecule has 3 heterocycles. The quantitative estimate of drug-likeness (QED) is 0.0753. The number of rotatable bonds is 2. The van der Waals surface area contributed by atoms with E-state index in [1.807, 2.05) is 0 Å². The molecule has 0 radical (unpaired) electrons. The zero-order valence-electron chi connectivity index (χ0n) is 29.4. The van der Waals surface area contributed by atoms with Crippen molar-refractivity contribution in [2.75, 3.05) is 0 Å². The van der Waals surface area contributed by atoms with Crippen LogP contribution in [0.4, 0.5) is 52.7 Å². The highest BCUT2D eigenvalue weighted by molar-refractivity contribution is 6.31. The number of pyridine rings is 1. The van der Waals surface area contributed by atoms with Gasteiger partial charge in [0.2, 0.25) is 0 Å². The third-order valence-electron chi connectivity index (χ3n) is 11.4. The highest BCUT2D eigenvalue weighted by Gasteiger charge is 2.42. The Hall–Kier alpha value is -6.46. The van der Waals surface area contributed by atoms with Gasteiger partial charge < -0.3 is 4.57 Å². The van der Waals surface area contributed by atoms with Crippen LogP contribution in [0.2, 0.25) is 0 Å². The Balaban J connectivity index is 1.28. The van der Waals surface area contributed by atoms with E-state index in [4.69, 9.17) is 0 Å². The number of benzene rings is 6. The van der Waals surface area contributed by atoms with Gasteiger partial charge in [-0.3, -0.25) is 14.0 Å². The van der Waals surface area contributed by atoms with Gasteiger partial charge in [-0.05, 0) is 80.5 Å². The number of alkyl halides is 12. The van der Waals surface area contributed by atoms with Crippen LogP contribution in [0.1, 0.15) is 56.3 Å². The molecule has 1 atom stereocenters. The minimum atomic E-state index is -5.27. The van der Waals surface area contributed by atoms with Crippen molar-refractivity contribution in [3.05, 3.63) is 115 Å². The number of hydrogen-bond donors (Lipinski definition) is 0. The number of halogens is 12. The van der Waals surface area contributed by atoms with Crippen LogP contribution in [0.15, 0.2) is 65.5 Å². The smallest absolute Gasteiger partial charge is 0.331 e. The molecule has 0 spiro atoms. The molecular formula is C41H18F12N4O2. The Kier molecular flexibility index (Phi) is 7.11. The van der Waals surface area contributed by atoms with E-state index < -0.39 is 80.5 Å². The van der Waals surface area contributed by atoms with E-state index >= 15 is 0 Å². The number of aryl methyl sites for hydroxylation is 1. The van der Waals surface area contributed by atoms with Crippen molar-refractivity contribution >= 4 is 83.2 Å². The van der Waals surface area contributed by atoms with E-state index in [-0.39, 0.29) is 51.7 Å². The molecule has 1 aliphatic carbocycles. The molecule has 0 fully saturated rings. The van der Waals surface area contributed by atoms with Crippen molar-refractivity contribution in [1.82, 2.24) is 18.9 Å². The van der Waals surface area contributed by atoms with Crippen molar-refractivity contribution in [2.24, 2.45) is 7.05 Å². The van der Waals surface area contributed by atoms with Crippen LogP contribution < -0.4 is 10.8 Å². The average molecular weight is 827 g/mol. The first-order valence-electron chi connectivity index (χ1n) is 17.4. The lowest BCUT2D eigenvalue weighted by Crippen LogP contribution is -2.20. The van der Waals surface area contributed by atoms with E-state index in [2.05, 4.69) is 9.97 Å². The van der Waals surface area contributed by atoms with Crippen LogP contribution in [0.25, 0.3) is 76.9 Å². The number of carbonyl (C=O) groups is 1. The summed E-state index contributed by atoms with van der Waals surface area (Å²) in [5.74, 6) is -0.994. The second kappa shape index (κ2) is 11.4. The molecule has 1 unspecified atom stereocenters. The van der Waals surface area contributed by atoms with Crippen LogP contribution in [0.3, 0.4) is 0 Å². The maximum Gasteiger partial charge on any atom is 0.418 e. The largest absolute Gasteiger partial charge is 0.418 e. The highest BCUT2D eigenvalue weighted by atomic mass is 19.4. The van der Waals surface area contributed by atoms with Crippen LogP contribution in [0.5, 0.6) is 0 Å². The fourth-order valence-corrected chi connectivity index (χ4v) is 8.93. The number of aldehydes is 1. The number of hydrogen-bond acceptors (Lipinski definition) is 4. The second-order valence-corrected chi connectivity index (χ2v) is 14.5. The molecule has 0 saturated heterocycles. The van der Waals surface area contributed by atoms with Crippen molar-refractivity contribution in [3.63, 3.8) is 0 Å². The van der Waals surface area contributed by atoms with E-state index in [1.165, 1.54) is 31.3 Å². The average Bonchev–Trinajstić information content (AvgIpc) is 3.71. The number of fused-ring (bicyclic) bond motifs is 7. The van der Waals surface area contributed by atoms with Gasteiger partial charge in [0.05, 0.1) is 33.3 Å². The lowest BCUT2D eigenvalue weighted by Gasteiger charge is -2.25. The molecule has 10 rings (SSSR count). The predicted molar refractivity (Wildman–Crippen MR) is 192 cm³/mol. The summed E-state index contributed by atoms with van der Waals surface area (Å²) in [4.78, 5) is 35.2. The molecule has 298 valence electrons. The third-order valence-corrected chi connectivity index (χ3v) is 11.4. The van der Waals surface area contributed by atoms with Gasteiger partial charge in [-0.25, -0.2) is 9.97 Å². The van der Waals surface area contributed by atoms with Crippen molar-refractivity contribution in [3.8, 4) is 0 Å². The molecule has 9 aromatic rings. The minimum absolute atomic E-state index is 0.00294. The van der Waals surface area contributed by atoms with Crippen LogP contribution >= 0.6 is 0 Å². The number of imidazole rings is 2. The zero-order valence-corrected chi connectivity index (χ0v) is 29.4. The third kappa shape index (κ3) is 4.97. The molecule has 0 saturated carbocycles. The van der Waals surface area contributed by atoms with E-state index in [9.17, 15) is 62.3 Å². The summed E-state index contributed by atoms with van der Waals surface area (Å²) in [6.45, 7) is 0. The van der Waals surface area contributed by atoms with Crippen molar-refractivity contribution in [1.29, 1.82) is 0 Å².